The number of hydrogen-bond donors (Lipinski definition) is 0. The molecule has 0 amide bonds. The second-order valence-electron chi connectivity index (χ2n) is 4.47. The van der Waals surface area contributed by atoms with Crippen LogP contribution in [0.4, 0.5) is 0 Å². The van der Waals surface area contributed by atoms with Crippen molar-refractivity contribution in [1.29, 1.82) is 0 Å². The molecule has 1 aromatic rings. The number of methoxy groups -OCH3 is 1. The molecule has 0 N–H and O–H groups in total. The van der Waals surface area contributed by atoms with Gasteiger partial charge in [-0.15, -0.1) is 0 Å². The van der Waals surface area contributed by atoms with Gasteiger partial charge < -0.3 is 4.74 Å². The number of nitrogens with zero attached hydrogens (tertiary/aromatic N) is 1. The molecule has 0 fully saturated rings. The Labute approximate surface area is 117 Å². The summed E-state index contributed by atoms with van der Waals surface area (Å²) >= 11 is 3.51. The summed E-state index contributed by atoms with van der Waals surface area (Å²) in [6.07, 6.45) is 1.12. The van der Waals surface area contributed by atoms with Gasteiger partial charge >= 0.3 is 5.97 Å². The van der Waals surface area contributed by atoms with E-state index < -0.39 is 0 Å². The van der Waals surface area contributed by atoms with Crippen molar-refractivity contribution in [3.8, 4) is 0 Å². The lowest BCUT2D eigenvalue weighted by molar-refractivity contribution is 0.0600. The molecule has 0 radical (unpaired) electrons. The second kappa shape index (κ2) is 6.90. The first-order valence-electron chi connectivity index (χ1n) is 6.06. The van der Waals surface area contributed by atoms with Gasteiger partial charge in [-0.1, -0.05) is 28.9 Å². The van der Waals surface area contributed by atoms with E-state index in [0.29, 0.717) is 11.6 Å². The van der Waals surface area contributed by atoms with Gasteiger partial charge in [-0.2, -0.15) is 0 Å². The first-order valence-corrected chi connectivity index (χ1v) is 6.85. The van der Waals surface area contributed by atoms with Gasteiger partial charge in [0.2, 0.25) is 0 Å². The zero-order valence-electron chi connectivity index (χ0n) is 11.4. The molecule has 0 saturated carbocycles. The lowest BCUT2D eigenvalue weighted by Gasteiger charge is -2.24. The molecular formula is C14H20BrNO2. The molecule has 0 aliphatic carbocycles. The highest BCUT2D eigenvalue weighted by Gasteiger charge is 2.12. The van der Waals surface area contributed by atoms with E-state index in [1.54, 1.807) is 6.07 Å². The van der Waals surface area contributed by atoms with Crippen LogP contribution in [0.1, 0.15) is 36.2 Å². The molecule has 1 rings (SSSR count). The summed E-state index contributed by atoms with van der Waals surface area (Å²) in [6, 6.07) is 6.12. The number of carbonyl (C=O) groups is 1. The Bertz CT molecular complexity index is 420. The molecule has 1 aromatic carbocycles. The van der Waals surface area contributed by atoms with Crippen LogP contribution in [0.3, 0.4) is 0 Å². The molecule has 18 heavy (non-hydrogen) atoms. The molecule has 3 nitrogen and oxygen atoms in total. The fourth-order valence-electron chi connectivity index (χ4n) is 1.66. The minimum atomic E-state index is -0.308. The largest absolute Gasteiger partial charge is 0.465 e. The maximum Gasteiger partial charge on any atom is 0.337 e. The highest BCUT2D eigenvalue weighted by Crippen LogP contribution is 2.21. The van der Waals surface area contributed by atoms with Gasteiger partial charge in [0.1, 0.15) is 0 Å². The Morgan fingerprint density at radius 3 is 2.67 bits per heavy atom. The molecular weight excluding hydrogens is 294 g/mol. The number of esters is 1. The van der Waals surface area contributed by atoms with Crippen LogP contribution in [0.2, 0.25) is 0 Å². The summed E-state index contributed by atoms with van der Waals surface area (Å²) < 4.78 is 5.64. The second-order valence-corrected chi connectivity index (χ2v) is 5.32. The summed E-state index contributed by atoms with van der Waals surface area (Å²) in [4.78, 5) is 13.7. The van der Waals surface area contributed by atoms with Crippen molar-refractivity contribution in [3.63, 3.8) is 0 Å². The summed E-state index contributed by atoms with van der Waals surface area (Å²) in [5.41, 5.74) is 1.74. The van der Waals surface area contributed by atoms with E-state index in [1.165, 1.54) is 12.7 Å². The molecule has 1 atom stereocenters. The Morgan fingerprint density at radius 1 is 1.50 bits per heavy atom. The van der Waals surface area contributed by atoms with Crippen molar-refractivity contribution in [2.75, 3.05) is 14.2 Å². The topological polar surface area (TPSA) is 29.5 Å². The molecule has 0 heterocycles. The van der Waals surface area contributed by atoms with Crippen LogP contribution >= 0.6 is 15.9 Å². The molecule has 0 spiro atoms. The molecule has 0 aliphatic rings. The zero-order valence-corrected chi connectivity index (χ0v) is 13.0. The monoisotopic (exact) mass is 313 g/mol. The minimum Gasteiger partial charge on any atom is -0.465 e. The van der Waals surface area contributed by atoms with Crippen molar-refractivity contribution in [2.24, 2.45) is 0 Å². The summed E-state index contributed by atoms with van der Waals surface area (Å²) in [6.45, 7) is 5.24. The van der Waals surface area contributed by atoms with Crippen LogP contribution < -0.4 is 0 Å². The molecule has 4 heteroatoms. The number of hydrogen-bond acceptors (Lipinski definition) is 3. The molecule has 0 aliphatic heterocycles. The predicted molar refractivity (Wildman–Crippen MR) is 76.7 cm³/mol. The Kier molecular flexibility index (Phi) is 5.82. The van der Waals surface area contributed by atoms with Crippen LogP contribution in [0, 0.1) is 0 Å². The fraction of sp³-hybridized carbons (Fsp3) is 0.500. The molecule has 0 bridgehead atoms. The van der Waals surface area contributed by atoms with E-state index in [9.17, 15) is 4.79 Å². The lowest BCUT2D eigenvalue weighted by Crippen LogP contribution is -2.27. The quantitative estimate of drug-likeness (QED) is 0.780. The highest BCUT2D eigenvalue weighted by atomic mass is 79.9. The molecule has 0 aromatic heterocycles. The number of ether oxygens (including phenoxy) is 1. The van der Waals surface area contributed by atoms with Crippen molar-refractivity contribution < 1.29 is 9.53 Å². The first kappa shape index (κ1) is 15.2. The van der Waals surface area contributed by atoms with Crippen molar-refractivity contribution in [3.05, 3.63) is 33.8 Å². The van der Waals surface area contributed by atoms with Crippen LogP contribution in [0.5, 0.6) is 0 Å². The van der Waals surface area contributed by atoms with E-state index in [4.69, 9.17) is 4.74 Å². The first-order chi connectivity index (χ1) is 8.49. The van der Waals surface area contributed by atoms with Gasteiger partial charge in [-0.05, 0) is 38.1 Å². The van der Waals surface area contributed by atoms with E-state index in [0.717, 1.165) is 17.4 Å². The number of rotatable bonds is 5. The van der Waals surface area contributed by atoms with Crippen molar-refractivity contribution in [1.82, 2.24) is 4.90 Å². The smallest absolute Gasteiger partial charge is 0.337 e. The Balaban J connectivity index is 2.83. The average Bonchev–Trinajstić information content (AvgIpc) is 2.38. The van der Waals surface area contributed by atoms with Crippen LogP contribution in [0.15, 0.2) is 22.7 Å². The van der Waals surface area contributed by atoms with Crippen LogP contribution in [-0.4, -0.2) is 31.1 Å². The highest BCUT2D eigenvalue weighted by molar-refractivity contribution is 9.10. The van der Waals surface area contributed by atoms with E-state index >= 15 is 0 Å². The van der Waals surface area contributed by atoms with Gasteiger partial charge in [0, 0.05) is 17.1 Å². The summed E-state index contributed by atoms with van der Waals surface area (Å²) in [5.74, 6) is -0.308. The van der Waals surface area contributed by atoms with E-state index in [-0.39, 0.29) is 5.97 Å². The van der Waals surface area contributed by atoms with Gasteiger partial charge in [-0.3, -0.25) is 4.90 Å². The fourth-order valence-corrected chi connectivity index (χ4v) is 2.16. The Hall–Kier alpha value is -0.870. The average molecular weight is 314 g/mol. The number of halogens is 1. The number of carbonyl (C=O) groups excluding carboxylic acids is 1. The molecule has 0 saturated heterocycles. The van der Waals surface area contributed by atoms with Crippen molar-refractivity contribution >= 4 is 21.9 Å². The lowest BCUT2D eigenvalue weighted by atomic mass is 10.1. The predicted octanol–water partition coefficient (Wildman–Crippen LogP) is 3.47. The maximum absolute atomic E-state index is 11.4. The zero-order chi connectivity index (χ0) is 13.7. The maximum atomic E-state index is 11.4. The van der Waals surface area contributed by atoms with Gasteiger partial charge in [0.15, 0.2) is 0 Å². The van der Waals surface area contributed by atoms with Crippen LogP contribution in [-0.2, 0) is 11.3 Å². The van der Waals surface area contributed by atoms with Crippen LogP contribution in [0.25, 0.3) is 0 Å². The minimum absolute atomic E-state index is 0.308. The van der Waals surface area contributed by atoms with Gasteiger partial charge in [0.25, 0.3) is 0 Å². The van der Waals surface area contributed by atoms with Gasteiger partial charge in [0.05, 0.1) is 12.7 Å². The van der Waals surface area contributed by atoms with E-state index in [1.807, 2.05) is 12.1 Å². The molecule has 100 valence electrons. The third-order valence-corrected chi connectivity index (χ3v) is 3.98. The van der Waals surface area contributed by atoms with Gasteiger partial charge in [-0.25, -0.2) is 4.79 Å². The normalized spacial score (nSPS) is 12.6. The third kappa shape index (κ3) is 3.82. The summed E-state index contributed by atoms with van der Waals surface area (Å²) in [7, 11) is 3.50. The number of benzene rings is 1. The molecule has 1 unspecified atom stereocenters. The summed E-state index contributed by atoms with van der Waals surface area (Å²) in [5, 5.41) is 0. The van der Waals surface area contributed by atoms with E-state index in [2.05, 4.69) is 41.7 Å². The van der Waals surface area contributed by atoms with Crippen molar-refractivity contribution in [2.45, 2.75) is 32.9 Å². The standard InChI is InChI=1S/C14H20BrNO2/c1-5-10(2)16(3)9-12-7-6-11(8-13(12)15)14(17)18-4/h6-8,10H,5,9H2,1-4H3. The SMILES string of the molecule is CCC(C)N(C)Cc1ccc(C(=O)OC)cc1Br. The third-order valence-electron chi connectivity index (χ3n) is 3.24. The Morgan fingerprint density at radius 2 is 2.17 bits per heavy atom.